The van der Waals surface area contributed by atoms with Crippen molar-refractivity contribution in [3.05, 3.63) is 21.9 Å². The van der Waals surface area contributed by atoms with Crippen LogP contribution in [0.15, 0.2) is 12.1 Å². The van der Waals surface area contributed by atoms with E-state index in [1.165, 1.54) is 16.2 Å². The molecule has 1 amide bonds. The van der Waals surface area contributed by atoms with Crippen LogP contribution >= 0.6 is 23.1 Å². The molecule has 2 heterocycles. The van der Waals surface area contributed by atoms with Gasteiger partial charge in [-0.15, -0.1) is 23.1 Å². The summed E-state index contributed by atoms with van der Waals surface area (Å²) in [7, 11) is 0. The first kappa shape index (κ1) is 15.9. The summed E-state index contributed by atoms with van der Waals surface area (Å²) in [5.74, 6) is 1.66. The van der Waals surface area contributed by atoms with Crippen LogP contribution in [0, 0.1) is 12.8 Å². The molecule has 0 aliphatic carbocycles. The first-order valence-electron chi connectivity index (χ1n) is 7.65. The Morgan fingerprint density at radius 1 is 1.45 bits per heavy atom. The Morgan fingerprint density at radius 3 is 2.85 bits per heavy atom. The molecular formula is C16H25NOS2. The van der Waals surface area contributed by atoms with Crippen LogP contribution in [-0.2, 0) is 4.79 Å². The van der Waals surface area contributed by atoms with E-state index >= 15 is 0 Å². The molecule has 0 spiro atoms. The second-order valence-electron chi connectivity index (χ2n) is 5.45. The second-order valence-corrected chi connectivity index (χ2v) is 7.96. The molecule has 0 saturated carbocycles. The predicted octanol–water partition coefficient (Wildman–Crippen LogP) is 4.85. The first-order chi connectivity index (χ1) is 9.67. The third-order valence-corrected chi connectivity index (χ3v) is 6.37. The largest absolute Gasteiger partial charge is 0.325 e. The van der Waals surface area contributed by atoms with Gasteiger partial charge in [0.05, 0.1) is 0 Å². The Labute approximate surface area is 130 Å². The highest BCUT2D eigenvalue weighted by atomic mass is 32.2. The molecule has 1 aromatic heterocycles. The van der Waals surface area contributed by atoms with Crippen LogP contribution in [0.3, 0.4) is 0 Å². The molecule has 2 nitrogen and oxygen atoms in total. The summed E-state index contributed by atoms with van der Waals surface area (Å²) in [6.45, 7) is 7.38. The normalized spacial score (nSPS) is 20.4. The van der Waals surface area contributed by atoms with E-state index in [1.807, 2.05) is 23.1 Å². The number of rotatable bonds is 6. The van der Waals surface area contributed by atoms with Gasteiger partial charge in [0.15, 0.2) is 0 Å². The molecule has 1 aliphatic rings. The van der Waals surface area contributed by atoms with Crippen molar-refractivity contribution in [2.24, 2.45) is 5.92 Å². The van der Waals surface area contributed by atoms with Crippen molar-refractivity contribution in [3.63, 3.8) is 0 Å². The smallest absolute Gasteiger partial charge is 0.226 e. The quantitative estimate of drug-likeness (QED) is 0.748. The van der Waals surface area contributed by atoms with Crippen molar-refractivity contribution >= 4 is 29.0 Å². The van der Waals surface area contributed by atoms with Crippen molar-refractivity contribution in [1.82, 2.24) is 4.90 Å². The number of carbonyl (C=O) groups is 1. The van der Waals surface area contributed by atoms with Crippen LogP contribution in [-0.4, -0.2) is 23.1 Å². The van der Waals surface area contributed by atoms with E-state index in [1.54, 1.807) is 0 Å². The minimum atomic E-state index is 0.220. The summed E-state index contributed by atoms with van der Waals surface area (Å²) in [4.78, 5) is 17.6. The average molecular weight is 312 g/mol. The lowest BCUT2D eigenvalue weighted by Crippen LogP contribution is -2.35. The average Bonchev–Trinajstić information content (AvgIpc) is 3.07. The Kier molecular flexibility index (Phi) is 5.97. The molecule has 2 unspecified atom stereocenters. The standard InChI is InChI=1S/C16H25NOS2/c1-4-6-7-13(5-2)15(18)17-10-11-19-16(17)14-9-8-12(3)20-14/h8-9,13,16H,4-7,10-11H2,1-3H3. The molecule has 2 atom stereocenters. The van der Waals surface area contributed by atoms with Gasteiger partial charge in [-0.3, -0.25) is 4.79 Å². The first-order valence-corrected chi connectivity index (χ1v) is 9.52. The summed E-state index contributed by atoms with van der Waals surface area (Å²) in [5.41, 5.74) is 0. The van der Waals surface area contributed by atoms with E-state index in [-0.39, 0.29) is 11.3 Å². The zero-order valence-corrected chi connectivity index (χ0v) is 14.4. The van der Waals surface area contributed by atoms with E-state index in [2.05, 4.69) is 37.8 Å². The number of amides is 1. The summed E-state index contributed by atoms with van der Waals surface area (Å²) < 4.78 is 0. The zero-order valence-electron chi connectivity index (χ0n) is 12.7. The van der Waals surface area contributed by atoms with Gasteiger partial charge in [-0.25, -0.2) is 0 Å². The summed E-state index contributed by atoms with van der Waals surface area (Å²) in [6, 6.07) is 4.35. The van der Waals surface area contributed by atoms with Crippen molar-refractivity contribution in [1.29, 1.82) is 0 Å². The highest BCUT2D eigenvalue weighted by molar-refractivity contribution is 7.99. The fourth-order valence-electron chi connectivity index (χ4n) is 2.70. The van der Waals surface area contributed by atoms with Gasteiger partial charge in [0.1, 0.15) is 5.37 Å². The van der Waals surface area contributed by atoms with E-state index < -0.39 is 0 Å². The fraction of sp³-hybridized carbons (Fsp3) is 0.688. The van der Waals surface area contributed by atoms with Crippen LogP contribution in [0.5, 0.6) is 0 Å². The van der Waals surface area contributed by atoms with E-state index in [0.717, 1.165) is 31.6 Å². The minimum absolute atomic E-state index is 0.220. The van der Waals surface area contributed by atoms with E-state index in [9.17, 15) is 4.79 Å². The van der Waals surface area contributed by atoms with Crippen molar-refractivity contribution in [2.75, 3.05) is 12.3 Å². The number of aryl methyl sites for hydroxylation is 1. The number of thiophene rings is 1. The maximum Gasteiger partial charge on any atom is 0.226 e. The molecule has 0 N–H and O–H groups in total. The Bertz CT molecular complexity index is 443. The van der Waals surface area contributed by atoms with Gasteiger partial charge in [-0.1, -0.05) is 26.7 Å². The third-order valence-electron chi connectivity index (χ3n) is 3.93. The lowest BCUT2D eigenvalue weighted by Gasteiger charge is -2.27. The third kappa shape index (κ3) is 3.59. The molecule has 4 heteroatoms. The molecule has 1 aliphatic heterocycles. The summed E-state index contributed by atoms with van der Waals surface area (Å²) >= 11 is 3.74. The van der Waals surface area contributed by atoms with Gasteiger partial charge < -0.3 is 4.90 Å². The van der Waals surface area contributed by atoms with Gasteiger partial charge >= 0.3 is 0 Å². The molecule has 1 fully saturated rings. The van der Waals surface area contributed by atoms with Gasteiger partial charge in [-0.2, -0.15) is 0 Å². The molecule has 20 heavy (non-hydrogen) atoms. The number of carbonyl (C=O) groups excluding carboxylic acids is 1. The highest BCUT2D eigenvalue weighted by Crippen LogP contribution is 2.42. The highest BCUT2D eigenvalue weighted by Gasteiger charge is 2.34. The molecule has 112 valence electrons. The van der Waals surface area contributed by atoms with Gasteiger partial charge in [-0.05, 0) is 31.9 Å². The molecule has 1 saturated heterocycles. The number of hydrogen-bond acceptors (Lipinski definition) is 3. The van der Waals surface area contributed by atoms with E-state index in [0.29, 0.717) is 5.91 Å². The maximum atomic E-state index is 12.8. The lowest BCUT2D eigenvalue weighted by atomic mass is 9.97. The van der Waals surface area contributed by atoms with E-state index in [4.69, 9.17) is 0 Å². The topological polar surface area (TPSA) is 20.3 Å². The molecule has 0 bridgehead atoms. The molecule has 0 aromatic carbocycles. The van der Waals surface area contributed by atoms with Crippen LogP contribution in [0.2, 0.25) is 0 Å². The molecular weight excluding hydrogens is 286 g/mol. The second kappa shape index (κ2) is 7.51. The van der Waals surface area contributed by atoms with Crippen LogP contribution in [0.4, 0.5) is 0 Å². The minimum Gasteiger partial charge on any atom is -0.325 e. The zero-order chi connectivity index (χ0) is 14.5. The lowest BCUT2D eigenvalue weighted by molar-refractivity contribution is -0.136. The predicted molar refractivity (Wildman–Crippen MR) is 89.3 cm³/mol. The monoisotopic (exact) mass is 311 g/mol. The van der Waals surface area contributed by atoms with Crippen LogP contribution in [0.25, 0.3) is 0 Å². The SMILES string of the molecule is CCCCC(CC)C(=O)N1CCSC1c1ccc(C)s1. The van der Waals surface area contributed by atoms with Crippen molar-refractivity contribution in [3.8, 4) is 0 Å². The number of hydrogen-bond donors (Lipinski definition) is 0. The Morgan fingerprint density at radius 2 is 2.25 bits per heavy atom. The summed E-state index contributed by atoms with van der Waals surface area (Å²) in [5, 5.41) is 0.261. The summed E-state index contributed by atoms with van der Waals surface area (Å²) in [6.07, 6.45) is 4.35. The molecule has 1 aromatic rings. The van der Waals surface area contributed by atoms with Crippen LogP contribution in [0.1, 0.15) is 54.7 Å². The maximum absolute atomic E-state index is 12.8. The molecule has 0 radical (unpaired) electrons. The number of nitrogens with zero attached hydrogens (tertiary/aromatic N) is 1. The van der Waals surface area contributed by atoms with Crippen molar-refractivity contribution in [2.45, 2.75) is 51.8 Å². The Hall–Kier alpha value is -0.480. The van der Waals surface area contributed by atoms with Gasteiger partial charge in [0, 0.05) is 28.0 Å². The fourth-order valence-corrected chi connectivity index (χ4v) is 5.08. The number of thioether (sulfide) groups is 1. The van der Waals surface area contributed by atoms with Crippen molar-refractivity contribution < 1.29 is 4.79 Å². The Balaban J connectivity index is 2.07. The molecule has 2 rings (SSSR count). The van der Waals surface area contributed by atoms with Gasteiger partial charge in [0.25, 0.3) is 0 Å². The number of unbranched alkanes of at least 4 members (excludes halogenated alkanes) is 1. The van der Waals surface area contributed by atoms with Crippen LogP contribution < -0.4 is 0 Å². The van der Waals surface area contributed by atoms with Gasteiger partial charge in [0.2, 0.25) is 5.91 Å².